The van der Waals surface area contributed by atoms with Crippen LogP contribution in [0.25, 0.3) is 0 Å². The van der Waals surface area contributed by atoms with E-state index < -0.39 is 0 Å². The van der Waals surface area contributed by atoms with E-state index in [4.69, 9.17) is 0 Å². The van der Waals surface area contributed by atoms with Crippen molar-refractivity contribution in [3.63, 3.8) is 0 Å². The molecule has 0 spiro atoms. The Morgan fingerprint density at radius 1 is 0.818 bits per heavy atom. The Labute approximate surface area is 132 Å². The van der Waals surface area contributed by atoms with Gasteiger partial charge in [0.15, 0.2) is 5.96 Å². The van der Waals surface area contributed by atoms with Gasteiger partial charge < -0.3 is 10.6 Å². The molecule has 1 aliphatic rings. The molecule has 2 aromatic carbocycles. The average Bonchev–Trinajstić information content (AvgIpc) is 2.57. The third-order valence-electron chi connectivity index (χ3n) is 3.94. The highest BCUT2D eigenvalue weighted by Gasteiger charge is 2.04. The second kappa shape index (κ2) is 7.12. The summed E-state index contributed by atoms with van der Waals surface area (Å²) in [6.45, 7) is 4.13. The number of guanidine groups is 1. The highest BCUT2D eigenvalue weighted by atomic mass is 15.2. The summed E-state index contributed by atoms with van der Waals surface area (Å²) in [5.74, 6) is 0.888. The van der Waals surface area contributed by atoms with Gasteiger partial charge in [0.05, 0.1) is 5.69 Å². The molecule has 0 atom stereocenters. The molecule has 1 aliphatic heterocycles. The highest BCUT2D eigenvalue weighted by molar-refractivity contribution is 5.83. The molecule has 22 heavy (non-hydrogen) atoms. The van der Waals surface area contributed by atoms with Crippen LogP contribution in [0.2, 0.25) is 0 Å². The molecule has 0 bridgehead atoms. The van der Waals surface area contributed by atoms with Gasteiger partial charge in [-0.1, -0.05) is 42.0 Å². The molecular weight excluding hydrogens is 270 g/mol. The van der Waals surface area contributed by atoms with E-state index in [1.54, 1.807) is 0 Å². The predicted molar refractivity (Wildman–Crippen MR) is 92.7 cm³/mol. The van der Waals surface area contributed by atoms with E-state index in [9.17, 15) is 0 Å². The first-order valence-corrected chi connectivity index (χ1v) is 8.00. The van der Waals surface area contributed by atoms with Crippen LogP contribution in [0.5, 0.6) is 0 Å². The van der Waals surface area contributed by atoms with Crippen LogP contribution < -0.4 is 10.6 Å². The number of benzene rings is 2. The van der Waals surface area contributed by atoms with Crippen molar-refractivity contribution in [3.8, 4) is 0 Å². The fourth-order valence-corrected chi connectivity index (χ4v) is 2.55. The van der Waals surface area contributed by atoms with Crippen LogP contribution in [0.3, 0.4) is 0 Å². The van der Waals surface area contributed by atoms with Crippen LogP contribution in [-0.2, 0) is 12.8 Å². The van der Waals surface area contributed by atoms with Crippen molar-refractivity contribution in [1.29, 1.82) is 0 Å². The molecule has 2 aromatic rings. The summed E-state index contributed by atoms with van der Waals surface area (Å²) in [6, 6.07) is 17.3. The number of nitrogens with zero attached hydrogens (tertiary/aromatic N) is 1. The van der Waals surface area contributed by atoms with Gasteiger partial charge in [-0.2, -0.15) is 0 Å². The molecule has 114 valence electrons. The molecule has 3 heteroatoms. The number of hydrogen-bond acceptors (Lipinski definition) is 1. The van der Waals surface area contributed by atoms with Gasteiger partial charge in [0.25, 0.3) is 0 Å². The van der Waals surface area contributed by atoms with Crippen molar-refractivity contribution < 1.29 is 0 Å². The maximum absolute atomic E-state index is 4.58. The molecule has 1 saturated heterocycles. The zero-order valence-electron chi connectivity index (χ0n) is 13.1. The average molecular weight is 293 g/mol. The minimum Gasteiger partial charge on any atom is -0.356 e. The first kappa shape index (κ1) is 14.6. The van der Waals surface area contributed by atoms with E-state index >= 15 is 0 Å². The van der Waals surface area contributed by atoms with Crippen molar-refractivity contribution in [1.82, 2.24) is 10.6 Å². The molecule has 0 aliphatic carbocycles. The Kier molecular flexibility index (Phi) is 4.74. The molecule has 0 unspecified atom stereocenters. The van der Waals surface area contributed by atoms with Gasteiger partial charge in [-0.25, -0.2) is 4.99 Å². The van der Waals surface area contributed by atoms with E-state index in [2.05, 4.69) is 71.1 Å². The number of hydrogen-bond donors (Lipinski definition) is 2. The lowest BCUT2D eigenvalue weighted by molar-refractivity contribution is 0.668. The van der Waals surface area contributed by atoms with Crippen LogP contribution in [0.15, 0.2) is 53.5 Å². The van der Waals surface area contributed by atoms with E-state index in [-0.39, 0.29) is 0 Å². The summed E-state index contributed by atoms with van der Waals surface area (Å²) < 4.78 is 0. The minimum absolute atomic E-state index is 0.888. The Morgan fingerprint density at radius 2 is 1.36 bits per heavy atom. The number of rotatable bonds is 4. The lowest BCUT2D eigenvalue weighted by Crippen LogP contribution is -2.43. The number of aryl methyl sites for hydroxylation is 3. The van der Waals surface area contributed by atoms with Crippen LogP contribution in [-0.4, -0.2) is 19.0 Å². The Balaban J connectivity index is 1.58. The zero-order valence-corrected chi connectivity index (χ0v) is 13.1. The first-order chi connectivity index (χ1) is 10.8. The maximum Gasteiger partial charge on any atom is 0.196 e. The molecule has 1 fully saturated rings. The van der Waals surface area contributed by atoms with Crippen molar-refractivity contribution in [2.45, 2.75) is 26.2 Å². The predicted octanol–water partition coefficient (Wildman–Crippen LogP) is 3.35. The maximum atomic E-state index is 4.58. The lowest BCUT2D eigenvalue weighted by Gasteiger charge is -2.17. The van der Waals surface area contributed by atoms with E-state index in [0.717, 1.165) is 44.0 Å². The Bertz CT molecular complexity index is 619. The highest BCUT2D eigenvalue weighted by Crippen LogP contribution is 2.15. The summed E-state index contributed by atoms with van der Waals surface area (Å²) in [5.41, 5.74) is 5.06. The number of aliphatic imine (C=N–C) groups is 1. The van der Waals surface area contributed by atoms with Crippen LogP contribution >= 0.6 is 0 Å². The fourth-order valence-electron chi connectivity index (χ4n) is 2.55. The van der Waals surface area contributed by atoms with E-state index in [1.165, 1.54) is 16.7 Å². The third kappa shape index (κ3) is 4.10. The molecule has 0 amide bonds. The second-order valence-corrected chi connectivity index (χ2v) is 5.82. The third-order valence-corrected chi connectivity index (χ3v) is 3.94. The van der Waals surface area contributed by atoms with Gasteiger partial charge in [-0.15, -0.1) is 0 Å². The fraction of sp³-hybridized carbons (Fsp3) is 0.316. The molecule has 2 N–H and O–H groups in total. The summed E-state index contributed by atoms with van der Waals surface area (Å²) in [7, 11) is 0. The standard InChI is InChI=1S/C19H23N3/c1-15-3-5-16(6-4-15)7-8-17-9-11-18(12-10-17)22-19-20-13-2-14-21-19/h3-6,9-12H,2,7-8,13-14H2,1H3,(H2,20,21,22). The minimum atomic E-state index is 0.888. The van der Waals surface area contributed by atoms with Crippen molar-refractivity contribution in [3.05, 3.63) is 65.2 Å². The van der Waals surface area contributed by atoms with Crippen LogP contribution in [0.1, 0.15) is 23.1 Å². The van der Waals surface area contributed by atoms with Gasteiger partial charge in [-0.3, -0.25) is 0 Å². The lowest BCUT2D eigenvalue weighted by atomic mass is 10.0. The Hall–Kier alpha value is -2.29. The van der Waals surface area contributed by atoms with Gasteiger partial charge in [-0.05, 0) is 49.4 Å². The summed E-state index contributed by atoms with van der Waals surface area (Å²) in [6.07, 6.45) is 3.30. The van der Waals surface area contributed by atoms with Gasteiger partial charge in [0, 0.05) is 13.1 Å². The second-order valence-electron chi connectivity index (χ2n) is 5.82. The largest absolute Gasteiger partial charge is 0.356 e. The van der Waals surface area contributed by atoms with Gasteiger partial charge >= 0.3 is 0 Å². The summed E-state index contributed by atoms with van der Waals surface area (Å²) in [5, 5.41) is 6.54. The van der Waals surface area contributed by atoms with Crippen LogP contribution in [0, 0.1) is 6.92 Å². The molecule has 0 radical (unpaired) electrons. The topological polar surface area (TPSA) is 36.4 Å². The normalized spacial score (nSPS) is 14.1. The van der Waals surface area contributed by atoms with Gasteiger partial charge in [0.2, 0.25) is 0 Å². The summed E-state index contributed by atoms with van der Waals surface area (Å²) >= 11 is 0. The molecule has 0 saturated carbocycles. The molecule has 0 aromatic heterocycles. The SMILES string of the molecule is Cc1ccc(CCc2ccc(N=C3NCCCN3)cc2)cc1. The zero-order chi connectivity index (χ0) is 15.2. The Morgan fingerprint density at radius 3 is 1.95 bits per heavy atom. The quantitative estimate of drug-likeness (QED) is 0.907. The van der Waals surface area contributed by atoms with Crippen molar-refractivity contribution in [2.75, 3.05) is 13.1 Å². The smallest absolute Gasteiger partial charge is 0.196 e. The molecular formula is C19H23N3. The summed E-state index contributed by atoms with van der Waals surface area (Å²) in [4.78, 5) is 4.58. The van der Waals surface area contributed by atoms with Crippen molar-refractivity contribution >= 4 is 11.6 Å². The molecule has 3 nitrogen and oxygen atoms in total. The van der Waals surface area contributed by atoms with Crippen LogP contribution in [0.4, 0.5) is 5.69 Å². The first-order valence-electron chi connectivity index (χ1n) is 8.00. The van der Waals surface area contributed by atoms with E-state index in [1.807, 2.05) is 0 Å². The van der Waals surface area contributed by atoms with Gasteiger partial charge in [0.1, 0.15) is 0 Å². The van der Waals surface area contributed by atoms with E-state index in [0.29, 0.717) is 0 Å². The monoisotopic (exact) mass is 293 g/mol. The number of nitrogens with one attached hydrogen (secondary N) is 2. The van der Waals surface area contributed by atoms with Crippen molar-refractivity contribution in [2.24, 2.45) is 4.99 Å². The molecule has 1 heterocycles. The molecule has 3 rings (SSSR count).